The minimum Gasteiger partial charge on any atom is -0.493 e. The Labute approximate surface area is 162 Å². The maximum absolute atomic E-state index is 12.6. The molecule has 5 nitrogen and oxygen atoms in total. The van der Waals surface area contributed by atoms with Gasteiger partial charge in [0.2, 0.25) is 0 Å². The van der Waals surface area contributed by atoms with Gasteiger partial charge in [-0.25, -0.2) is 0 Å². The SMILES string of the molecule is CN=C(NCc1ccc(C(F)(F)F)cc1)Nc1cccc(OCCCOC)c1. The zero-order valence-corrected chi connectivity index (χ0v) is 15.8. The Morgan fingerprint density at radius 3 is 2.46 bits per heavy atom. The van der Waals surface area contributed by atoms with Gasteiger partial charge in [0.1, 0.15) is 5.75 Å². The first-order chi connectivity index (χ1) is 13.4. The smallest absolute Gasteiger partial charge is 0.416 e. The van der Waals surface area contributed by atoms with Crippen LogP contribution in [0.15, 0.2) is 53.5 Å². The van der Waals surface area contributed by atoms with Gasteiger partial charge in [0, 0.05) is 45.5 Å². The fourth-order valence-corrected chi connectivity index (χ4v) is 2.37. The van der Waals surface area contributed by atoms with Crippen LogP contribution in [0.1, 0.15) is 17.5 Å². The van der Waals surface area contributed by atoms with Crippen molar-refractivity contribution in [2.75, 3.05) is 32.7 Å². The Balaban J connectivity index is 1.89. The third-order valence-electron chi connectivity index (χ3n) is 3.82. The first-order valence-corrected chi connectivity index (χ1v) is 8.78. The van der Waals surface area contributed by atoms with Gasteiger partial charge >= 0.3 is 6.18 Å². The number of rotatable bonds is 8. The maximum Gasteiger partial charge on any atom is 0.416 e. The largest absolute Gasteiger partial charge is 0.493 e. The predicted molar refractivity (Wildman–Crippen MR) is 104 cm³/mol. The fraction of sp³-hybridized carbons (Fsp3) is 0.350. The van der Waals surface area contributed by atoms with E-state index < -0.39 is 11.7 Å². The van der Waals surface area contributed by atoms with E-state index in [4.69, 9.17) is 9.47 Å². The number of alkyl halides is 3. The molecule has 0 unspecified atom stereocenters. The van der Waals surface area contributed by atoms with Gasteiger partial charge in [0.15, 0.2) is 5.96 Å². The third-order valence-corrected chi connectivity index (χ3v) is 3.82. The summed E-state index contributed by atoms with van der Waals surface area (Å²) >= 11 is 0. The Bertz CT molecular complexity index is 762. The number of nitrogens with one attached hydrogen (secondary N) is 2. The van der Waals surface area contributed by atoms with Crippen LogP contribution in [0.25, 0.3) is 0 Å². The summed E-state index contributed by atoms with van der Waals surface area (Å²) in [5, 5.41) is 6.20. The van der Waals surface area contributed by atoms with Crippen molar-refractivity contribution in [3.8, 4) is 5.75 Å². The van der Waals surface area contributed by atoms with E-state index in [2.05, 4.69) is 15.6 Å². The van der Waals surface area contributed by atoms with E-state index in [-0.39, 0.29) is 0 Å². The number of ether oxygens (including phenoxy) is 2. The van der Waals surface area contributed by atoms with Gasteiger partial charge < -0.3 is 20.1 Å². The Hall–Kier alpha value is -2.74. The molecule has 8 heteroatoms. The summed E-state index contributed by atoms with van der Waals surface area (Å²) in [5.74, 6) is 1.22. The van der Waals surface area contributed by atoms with Crippen LogP contribution in [0.3, 0.4) is 0 Å². The van der Waals surface area contributed by atoms with E-state index in [0.717, 1.165) is 30.0 Å². The fourth-order valence-electron chi connectivity index (χ4n) is 2.37. The molecular formula is C20H24F3N3O2. The van der Waals surface area contributed by atoms with Crippen molar-refractivity contribution in [1.29, 1.82) is 0 Å². The summed E-state index contributed by atoms with van der Waals surface area (Å²) in [6.45, 7) is 1.53. The van der Waals surface area contributed by atoms with Crippen molar-refractivity contribution < 1.29 is 22.6 Å². The summed E-state index contributed by atoms with van der Waals surface area (Å²) in [6, 6.07) is 12.4. The minimum atomic E-state index is -4.33. The van der Waals surface area contributed by atoms with Crippen LogP contribution in [-0.2, 0) is 17.5 Å². The number of guanidine groups is 1. The average Bonchev–Trinajstić information content (AvgIpc) is 2.68. The van der Waals surface area contributed by atoms with E-state index in [1.54, 1.807) is 14.2 Å². The Morgan fingerprint density at radius 1 is 1.07 bits per heavy atom. The lowest BCUT2D eigenvalue weighted by Gasteiger charge is -2.14. The number of methoxy groups -OCH3 is 1. The van der Waals surface area contributed by atoms with Gasteiger partial charge in [-0.2, -0.15) is 13.2 Å². The van der Waals surface area contributed by atoms with E-state index in [1.807, 2.05) is 24.3 Å². The van der Waals surface area contributed by atoms with Crippen molar-refractivity contribution in [3.63, 3.8) is 0 Å². The molecule has 0 aliphatic rings. The van der Waals surface area contributed by atoms with Crippen molar-refractivity contribution >= 4 is 11.6 Å². The van der Waals surface area contributed by atoms with Gasteiger partial charge in [0.05, 0.1) is 12.2 Å². The van der Waals surface area contributed by atoms with Gasteiger partial charge in [-0.1, -0.05) is 18.2 Å². The van der Waals surface area contributed by atoms with Crippen LogP contribution in [0.4, 0.5) is 18.9 Å². The average molecular weight is 395 g/mol. The van der Waals surface area contributed by atoms with Gasteiger partial charge in [-0.15, -0.1) is 0 Å². The van der Waals surface area contributed by atoms with Crippen LogP contribution in [0.2, 0.25) is 0 Å². The third kappa shape index (κ3) is 7.11. The van der Waals surface area contributed by atoms with Gasteiger partial charge in [0.25, 0.3) is 0 Å². The number of benzene rings is 2. The van der Waals surface area contributed by atoms with Crippen molar-refractivity contribution in [2.24, 2.45) is 4.99 Å². The van der Waals surface area contributed by atoms with Gasteiger partial charge in [-0.05, 0) is 29.8 Å². The predicted octanol–water partition coefficient (Wildman–Crippen LogP) is 4.31. The molecule has 2 rings (SSSR count). The summed E-state index contributed by atoms with van der Waals surface area (Å²) in [7, 11) is 3.26. The highest BCUT2D eigenvalue weighted by atomic mass is 19.4. The molecule has 0 heterocycles. The molecule has 0 aliphatic heterocycles. The van der Waals surface area contributed by atoms with Crippen LogP contribution in [0, 0.1) is 0 Å². The Morgan fingerprint density at radius 2 is 1.82 bits per heavy atom. The molecule has 0 fully saturated rings. The molecule has 0 saturated heterocycles. The molecule has 0 bridgehead atoms. The van der Waals surface area contributed by atoms with Crippen LogP contribution in [0.5, 0.6) is 5.75 Å². The summed E-state index contributed by atoms with van der Waals surface area (Å²) in [6.07, 6.45) is -3.54. The van der Waals surface area contributed by atoms with Crippen molar-refractivity contribution in [3.05, 3.63) is 59.7 Å². The second kappa shape index (κ2) is 10.6. The first-order valence-electron chi connectivity index (χ1n) is 8.78. The van der Waals surface area contributed by atoms with Crippen LogP contribution < -0.4 is 15.4 Å². The summed E-state index contributed by atoms with van der Waals surface area (Å²) in [5.41, 5.74) is 0.831. The normalized spacial score (nSPS) is 12.0. The number of nitrogens with zero attached hydrogens (tertiary/aromatic N) is 1. The monoisotopic (exact) mass is 395 g/mol. The molecular weight excluding hydrogens is 371 g/mol. The molecule has 0 aromatic heterocycles. The van der Waals surface area contributed by atoms with E-state index in [0.29, 0.717) is 31.3 Å². The number of hydrogen-bond acceptors (Lipinski definition) is 3. The van der Waals surface area contributed by atoms with Crippen molar-refractivity contribution in [2.45, 2.75) is 19.1 Å². The number of anilines is 1. The molecule has 0 atom stereocenters. The molecule has 2 N–H and O–H groups in total. The molecule has 0 aliphatic carbocycles. The quantitative estimate of drug-likeness (QED) is 0.397. The van der Waals surface area contributed by atoms with Crippen molar-refractivity contribution in [1.82, 2.24) is 5.32 Å². The molecule has 152 valence electrons. The first kappa shape index (κ1) is 21.6. The number of hydrogen-bond donors (Lipinski definition) is 2. The van der Waals surface area contributed by atoms with E-state index >= 15 is 0 Å². The lowest BCUT2D eigenvalue weighted by Crippen LogP contribution is -2.30. The molecule has 28 heavy (non-hydrogen) atoms. The zero-order valence-electron chi connectivity index (χ0n) is 15.8. The summed E-state index contributed by atoms with van der Waals surface area (Å²) in [4.78, 5) is 4.13. The zero-order chi connectivity index (χ0) is 20.4. The standard InChI is InChI=1S/C20H24F3N3O2/c1-24-19(25-14-15-7-9-16(10-8-15)20(21,22)23)26-17-5-3-6-18(13-17)28-12-4-11-27-2/h3,5-10,13H,4,11-12,14H2,1-2H3,(H2,24,25,26). The van der Waals surface area contributed by atoms with Crippen LogP contribution >= 0.6 is 0 Å². The van der Waals surface area contributed by atoms with E-state index in [9.17, 15) is 13.2 Å². The molecule has 0 spiro atoms. The molecule has 2 aromatic carbocycles. The topological polar surface area (TPSA) is 54.9 Å². The number of aliphatic imine (C=N–C) groups is 1. The Kier molecular flexibility index (Phi) is 8.13. The molecule has 0 amide bonds. The molecule has 0 radical (unpaired) electrons. The number of halogens is 3. The summed E-state index contributed by atoms with van der Waals surface area (Å²) < 4.78 is 48.5. The lowest BCUT2D eigenvalue weighted by molar-refractivity contribution is -0.137. The highest BCUT2D eigenvalue weighted by molar-refractivity contribution is 5.93. The highest BCUT2D eigenvalue weighted by Gasteiger charge is 2.29. The van der Waals surface area contributed by atoms with Crippen LogP contribution in [-0.4, -0.2) is 33.3 Å². The second-order valence-corrected chi connectivity index (χ2v) is 5.97. The highest BCUT2D eigenvalue weighted by Crippen LogP contribution is 2.29. The second-order valence-electron chi connectivity index (χ2n) is 5.97. The maximum atomic E-state index is 12.6. The molecule has 2 aromatic rings. The lowest BCUT2D eigenvalue weighted by atomic mass is 10.1. The minimum absolute atomic E-state index is 0.338. The van der Waals surface area contributed by atoms with E-state index in [1.165, 1.54) is 12.1 Å². The van der Waals surface area contributed by atoms with Gasteiger partial charge in [-0.3, -0.25) is 4.99 Å². The molecule has 0 saturated carbocycles.